The van der Waals surface area contributed by atoms with Gasteiger partial charge < -0.3 is 57.4 Å². The molecule has 13 nitrogen and oxygen atoms in total. The van der Waals surface area contributed by atoms with E-state index in [1.807, 2.05) is 182 Å². The summed E-state index contributed by atoms with van der Waals surface area (Å²) in [7, 11) is 1.99. The molecular formula is C116H74N10O3Pt3. The van der Waals surface area contributed by atoms with Crippen LogP contribution in [0.1, 0.15) is 5.56 Å². The third kappa shape index (κ3) is 17.3. The maximum atomic E-state index is 6.06. The van der Waals surface area contributed by atoms with Crippen molar-refractivity contribution in [1.29, 1.82) is 0 Å². The van der Waals surface area contributed by atoms with Crippen molar-refractivity contribution in [3.63, 3.8) is 0 Å². The summed E-state index contributed by atoms with van der Waals surface area (Å²) < 4.78 is 20.0. The van der Waals surface area contributed by atoms with Gasteiger partial charge in [-0.25, -0.2) is 0 Å². The predicted molar refractivity (Wildman–Crippen MR) is 522 cm³/mol. The summed E-state index contributed by atoms with van der Waals surface area (Å²) in [5, 5.41) is 10.9. The number of anilines is 9. The van der Waals surface area contributed by atoms with E-state index in [1.54, 1.807) is 18.6 Å². The van der Waals surface area contributed by atoms with Crippen LogP contribution in [0.4, 0.5) is 51.2 Å². The summed E-state index contributed by atoms with van der Waals surface area (Å²) in [6, 6.07) is 148. The summed E-state index contributed by atoms with van der Waals surface area (Å²) in [5.41, 5.74) is 26.4. The minimum Gasteiger partial charge on any atom is -0.455 e. The Balaban J connectivity index is 0.000000127. The van der Waals surface area contributed by atoms with Crippen LogP contribution in [0.2, 0.25) is 0 Å². The Kier molecular flexibility index (Phi) is 24.9. The van der Waals surface area contributed by atoms with Gasteiger partial charge in [0.15, 0.2) is 16.7 Å². The average Bonchev–Trinajstić information content (AvgIpc) is 1.21. The maximum Gasteiger partial charge on any atom is 2.00 e. The van der Waals surface area contributed by atoms with Crippen LogP contribution in [-0.4, -0.2) is 34.5 Å². The van der Waals surface area contributed by atoms with Gasteiger partial charge >= 0.3 is 63.2 Å². The molecule has 132 heavy (non-hydrogen) atoms. The summed E-state index contributed by atoms with van der Waals surface area (Å²) in [5.74, 6) is 0.863. The van der Waals surface area contributed by atoms with Gasteiger partial charge in [-0.05, 0) is 151 Å². The number of furan rings is 3. The van der Waals surface area contributed by atoms with Gasteiger partial charge in [-0.2, -0.15) is 0 Å². The van der Waals surface area contributed by atoms with Gasteiger partial charge in [-0.15, -0.1) is 179 Å². The first-order valence-corrected chi connectivity index (χ1v) is 42.5. The van der Waals surface area contributed by atoms with Crippen molar-refractivity contribution in [2.24, 2.45) is 7.05 Å². The van der Waals surface area contributed by atoms with Crippen LogP contribution in [-0.2, 0) is 70.2 Å². The molecule has 0 aliphatic carbocycles. The predicted octanol–water partition coefficient (Wildman–Crippen LogP) is 30.0. The molecule has 636 valence electrons. The van der Waals surface area contributed by atoms with Gasteiger partial charge in [0, 0.05) is 80.9 Å². The van der Waals surface area contributed by atoms with Gasteiger partial charge in [0.05, 0.1) is 30.1 Å². The minimum atomic E-state index is 0. The molecule has 24 rings (SSSR count). The van der Waals surface area contributed by atoms with E-state index < -0.39 is 0 Å². The van der Waals surface area contributed by atoms with Crippen LogP contribution < -0.4 is 14.7 Å². The summed E-state index contributed by atoms with van der Waals surface area (Å²) >= 11 is 0. The first-order chi connectivity index (χ1) is 63.7. The van der Waals surface area contributed by atoms with Gasteiger partial charge in [0.2, 0.25) is 0 Å². The third-order valence-electron chi connectivity index (χ3n) is 23.2. The van der Waals surface area contributed by atoms with Crippen molar-refractivity contribution in [1.82, 2.24) is 34.5 Å². The zero-order chi connectivity index (χ0) is 86.1. The molecule has 0 atom stereocenters. The Morgan fingerprint density at radius 2 is 0.591 bits per heavy atom. The molecule has 24 aromatic rings. The van der Waals surface area contributed by atoms with Crippen LogP contribution in [0, 0.1) is 43.3 Å². The van der Waals surface area contributed by atoms with Crippen LogP contribution in [0.5, 0.6) is 0 Å². The van der Waals surface area contributed by atoms with E-state index in [1.165, 1.54) is 5.56 Å². The number of hydrogen-bond donors (Lipinski definition) is 0. The quantitative estimate of drug-likeness (QED) is 0.0853. The fourth-order valence-corrected chi connectivity index (χ4v) is 17.0. The van der Waals surface area contributed by atoms with Crippen molar-refractivity contribution >= 4 is 139 Å². The SMILES string of the molecule is Cc1cnc(-c2[c-]c(N(c3[c-]c(-c4cc5c(cn4)oc4ccccc45)ccc3)c3cccc4ccccc34)ccc2)cc1-c1ccccc1.Cn1ccnc1-c1[c-]c(N(c2[c-]c(-c3cc4c(cn3)oc3ccccc34)ccc2)c2ccccc2)ccc1.[Pt+2].[Pt+2].[Pt+2].[c-]1c(-c2cc3ccccc3cn2)cccc1N(c1[c-]c(-c2cc3c(cn2)oc2ccccc23)ccc1)c1ccccc1. The van der Waals surface area contributed by atoms with E-state index in [2.05, 4.69) is 287 Å². The number of nitrogens with zero attached hydrogens (tertiary/aromatic N) is 10. The second-order valence-corrected chi connectivity index (χ2v) is 31.4. The molecule has 15 aromatic carbocycles. The standard InChI is InChI=1S/C45H29N3O.C38H23N3O.C33H22N4O.3Pt/c1-30-28-46-41(26-39(30)32-12-3-2-4-13-32)33-16-9-18-35(24-33)48(43-22-11-15-31-14-5-6-20-37(31)43)36-19-10-17-34(25-36)42-27-40-38-21-7-8-23-44(38)49-45(40)29-47-42;1-2-14-30(15-3-1)41(31-16-8-12-27(20-31)35-22-26-10-4-5-11-29(26)24-39-35)32-17-9-13-28(21-32)36-23-34-33-18-6-7-19-37(33)42-38(34)25-40-36;1-36-18-17-34-33(36)24-10-8-14-27(20-24)37(25-11-3-2-4-12-25)26-13-7-9-23(19-26)30-21-29-28-15-5-6-16-31(28)38-32(29)22-35-30;;;/h2-23,26-29H,1H3;1-19,22-25H;2-18,21-22H,1H3;;;/q3*-2;3*+2. The first kappa shape index (κ1) is 86.0. The molecule has 0 spiro atoms. The Bertz CT molecular complexity index is 8300. The van der Waals surface area contributed by atoms with E-state index >= 15 is 0 Å². The number of pyridine rings is 5. The summed E-state index contributed by atoms with van der Waals surface area (Å²) in [4.78, 5) is 34.9. The van der Waals surface area contributed by atoms with E-state index in [4.69, 9.17) is 38.2 Å². The van der Waals surface area contributed by atoms with Crippen LogP contribution in [0.25, 0.3) is 166 Å². The Labute approximate surface area is 805 Å². The summed E-state index contributed by atoms with van der Waals surface area (Å²) in [6.07, 6.45) is 13.0. The third-order valence-corrected chi connectivity index (χ3v) is 23.2. The summed E-state index contributed by atoms with van der Waals surface area (Å²) in [6.45, 7) is 2.10. The van der Waals surface area contributed by atoms with E-state index in [-0.39, 0.29) is 63.2 Å². The number of rotatable bonds is 16. The molecule has 9 aromatic heterocycles. The molecule has 0 amide bonds. The van der Waals surface area contributed by atoms with Crippen LogP contribution in [0.3, 0.4) is 0 Å². The smallest absolute Gasteiger partial charge is 0.455 e. The Morgan fingerprint density at radius 1 is 0.258 bits per heavy atom. The molecule has 0 aliphatic rings. The van der Waals surface area contributed by atoms with Crippen molar-refractivity contribution in [3.05, 3.63) is 455 Å². The number of fused-ring (bicyclic) bond motifs is 11. The number of imidazole rings is 1. The second kappa shape index (κ2) is 38.1. The van der Waals surface area contributed by atoms with Crippen molar-refractivity contribution in [2.75, 3.05) is 14.7 Å². The number of hydrogen-bond acceptors (Lipinski definition) is 12. The number of benzene rings is 15. The fourth-order valence-electron chi connectivity index (χ4n) is 17.0. The van der Waals surface area contributed by atoms with Gasteiger partial charge in [0.25, 0.3) is 0 Å². The zero-order valence-corrected chi connectivity index (χ0v) is 77.7. The number of aromatic nitrogens is 7. The molecule has 0 fully saturated rings. The first-order valence-electron chi connectivity index (χ1n) is 42.5. The van der Waals surface area contributed by atoms with E-state index in [0.717, 1.165) is 217 Å². The maximum absolute atomic E-state index is 6.06. The topological polar surface area (TPSA) is 131 Å². The molecule has 16 heteroatoms. The monoisotopic (exact) mass is 2240 g/mol. The molecule has 0 bridgehead atoms. The number of aryl methyl sites for hydroxylation is 2. The average molecular weight is 2240 g/mol. The molecule has 0 saturated heterocycles. The van der Waals surface area contributed by atoms with Crippen LogP contribution >= 0.6 is 0 Å². The van der Waals surface area contributed by atoms with E-state index in [0.29, 0.717) is 0 Å². The van der Waals surface area contributed by atoms with Gasteiger partial charge in [-0.1, -0.05) is 212 Å². The normalized spacial score (nSPS) is 11.1. The van der Waals surface area contributed by atoms with E-state index in [9.17, 15) is 0 Å². The molecule has 9 heterocycles. The number of para-hydroxylation sites is 5. The molecule has 0 radical (unpaired) electrons. The zero-order valence-electron chi connectivity index (χ0n) is 70.9. The molecule has 0 unspecified atom stereocenters. The Hall–Kier alpha value is -15.4. The molecule has 0 aliphatic heterocycles. The minimum absolute atomic E-state index is 0. The molecule has 0 N–H and O–H groups in total. The van der Waals surface area contributed by atoms with Crippen LogP contribution in [0.15, 0.2) is 427 Å². The molecule has 0 saturated carbocycles. The fraction of sp³-hybridized carbons (Fsp3) is 0.0172. The van der Waals surface area contributed by atoms with Crippen molar-refractivity contribution in [2.45, 2.75) is 6.92 Å². The van der Waals surface area contributed by atoms with Crippen molar-refractivity contribution < 1.29 is 76.4 Å². The van der Waals surface area contributed by atoms with Gasteiger partial charge in [0.1, 0.15) is 16.7 Å². The van der Waals surface area contributed by atoms with Crippen molar-refractivity contribution in [3.8, 4) is 78.8 Å². The second-order valence-electron chi connectivity index (χ2n) is 31.4. The largest absolute Gasteiger partial charge is 2.00 e. The van der Waals surface area contributed by atoms with Gasteiger partial charge in [-0.3, -0.25) is 4.98 Å². The molecular weight excluding hydrogens is 2170 g/mol. The Morgan fingerprint density at radius 3 is 1.03 bits per heavy atom.